The van der Waals surface area contributed by atoms with Crippen molar-refractivity contribution in [2.75, 3.05) is 7.05 Å². The Balaban J connectivity index is 1.74. The topological polar surface area (TPSA) is 73.2 Å². The molecule has 0 saturated carbocycles. The lowest BCUT2D eigenvalue weighted by molar-refractivity contribution is -0.137. The molecule has 10 heteroatoms. The second-order valence-electron chi connectivity index (χ2n) is 7.49. The van der Waals surface area contributed by atoms with E-state index in [4.69, 9.17) is 4.74 Å². The second-order valence-corrected chi connectivity index (χ2v) is 9.38. The molecule has 1 aromatic heterocycles. The maximum atomic E-state index is 12.8. The molecule has 0 bridgehead atoms. The van der Waals surface area contributed by atoms with Crippen molar-refractivity contribution in [1.82, 2.24) is 14.3 Å². The molecule has 0 radical (unpaired) electrons. The zero-order valence-electron chi connectivity index (χ0n) is 16.8. The smallest absolute Gasteiger partial charge is 0.416 e. The number of aromatic nitrogens is 2. The number of alkyl halides is 3. The maximum absolute atomic E-state index is 12.8. The van der Waals surface area contributed by atoms with Gasteiger partial charge in [-0.05, 0) is 55.4 Å². The lowest BCUT2D eigenvalue weighted by atomic mass is 10.1. The minimum Gasteiger partial charge on any atom is -0.457 e. The van der Waals surface area contributed by atoms with Crippen LogP contribution in [0.15, 0.2) is 53.6 Å². The van der Waals surface area contributed by atoms with Crippen LogP contribution in [0.1, 0.15) is 18.3 Å². The lowest BCUT2D eigenvalue weighted by Gasteiger charge is -2.13. The zero-order valence-corrected chi connectivity index (χ0v) is 17.6. The Morgan fingerprint density at radius 1 is 1.16 bits per heavy atom. The van der Waals surface area contributed by atoms with E-state index in [1.165, 1.54) is 37.4 Å². The van der Waals surface area contributed by atoms with Crippen LogP contribution in [0.5, 0.6) is 11.5 Å². The predicted molar refractivity (Wildman–Crippen MR) is 108 cm³/mol. The lowest BCUT2D eigenvalue weighted by Crippen LogP contribution is -2.18. The molecule has 0 spiro atoms. The summed E-state index contributed by atoms with van der Waals surface area (Å²) in [7, 11) is -2.40. The molecule has 1 aliphatic heterocycles. The molecule has 164 valence electrons. The highest BCUT2D eigenvalue weighted by atomic mass is 32.2. The van der Waals surface area contributed by atoms with Crippen molar-refractivity contribution < 1.29 is 26.3 Å². The fourth-order valence-corrected chi connectivity index (χ4v) is 4.30. The second kappa shape index (κ2) is 7.69. The summed E-state index contributed by atoms with van der Waals surface area (Å²) in [5.74, 6) is 1.85. The molecule has 2 heterocycles. The van der Waals surface area contributed by atoms with Crippen LogP contribution in [0.3, 0.4) is 0 Å². The third kappa shape index (κ3) is 4.31. The number of imidazole rings is 1. The SMILES string of the molecule is CNS(=O)(=O)c1ccc(Oc2ccc(C(F)(F)F)cc2)c(-c2cn3c(n2)CC(C)C3)c1. The van der Waals surface area contributed by atoms with E-state index in [-0.39, 0.29) is 10.6 Å². The van der Waals surface area contributed by atoms with Crippen LogP contribution in [-0.4, -0.2) is 25.0 Å². The number of rotatable bonds is 5. The van der Waals surface area contributed by atoms with Crippen LogP contribution in [-0.2, 0) is 29.2 Å². The molecule has 31 heavy (non-hydrogen) atoms. The monoisotopic (exact) mass is 451 g/mol. The van der Waals surface area contributed by atoms with E-state index in [1.807, 2.05) is 10.8 Å². The van der Waals surface area contributed by atoms with Crippen LogP contribution in [0.2, 0.25) is 0 Å². The number of ether oxygens (including phenoxy) is 1. The van der Waals surface area contributed by atoms with Gasteiger partial charge in [0.05, 0.1) is 16.2 Å². The number of nitrogens with zero attached hydrogens (tertiary/aromatic N) is 2. The third-order valence-electron chi connectivity index (χ3n) is 5.11. The number of benzene rings is 2. The molecule has 4 rings (SSSR count). The standard InChI is InChI=1S/C21H20F3N3O3S/c1-13-9-20-26-18(12-27(20)11-13)17-10-16(31(28,29)25-2)7-8-19(17)30-15-5-3-14(4-6-15)21(22,23)24/h3-8,10,12-13,25H,9,11H2,1-2H3. The number of hydrogen-bond donors (Lipinski definition) is 1. The first-order valence-corrected chi connectivity index (χ1v) is 11.0. The van der Waals surface area contributed by atoms with E-state index in [0.717, 1.165) is 30.9 Å². The first-order chi connectivity index (χ1) is 14.6. The van der Waals surface area contributed by atoms with E-state index in [2.05, 4.69) is 16.6 Å². The van der Waals surface area contributed by atoms with Gasteiger partial charge in [-0.1, -0.05) is 6.92 Å². The van der Waals surface area contributed by atoms with E-state index in [9.17, 15) is 21.6 Å². The highest BCUT2D eigenvalue weighted by molar-refractivity contribution is 7.89. The van der Waals surface area contributed by atoms with Gasteiger partial charge >= 0.3 is 6.18 Å². The summed E-state index contributed by atoms with van der Waals surface area (Å²) >= 11 is 0. The Kier molecular flexibility index (Phi) is 5.30. The Labute approximate surface area is 177 Å². The molecule has 6 nitrogen and oxygen atoms in total. The van der Waals surface area contributed by atoms with Gasteiger partial charge in [0.25, 0.3) is 0 Å². The average Bonchev–Trinajstić information content (AvgIpc) is 3.25. The molecule has 3 aromatic rings. The highest BCUT2D eigenvalue weighted by Gasteiger charge is 2.30. The minimum atomic E-state index is -4.44. The maximum Gasteiger partial charge on any atom is 0.416 e. The van der Waals surface area contributed by atoms with Gasteiger partial charge in [0.1, 0.15) is 17.3 Å². The molecular formula is C21H20F3N3O3S. The first-order valence-electron chi connectivity index (χ1n) is 9.56. The van der Waals surface area contributed by atoms with Crippen molar-refractivity contribution in [3.63, 3.8) is 0 Å². The van der Waals surface area contributed by atoms with Crippen LogP contribution < -0.4 is 9.46 Å². The largest absolute Gasteiger partial charge is 0.457 e. The summed E-state index contributed by atoms with van der Waals surface area (Å²) < 4.78 is 73.1. The number of fused-ring (bicyclic) bond motifs is 1. The zero-order chi connectivity index (χ0) is 22.4. The summed E-state index contributed by atoms with van der Waals surface area (Å²) in [6, 6.07) is 8.61. The van der Waals surface area contributed by atoms with Crippen molar-refractivity contribution in [3.05, 3.63) is 60.0 Å². The third-order valence-corrected chi connectivity index (χ3v) is 6.53. The fraction of sp³-hybridized carbons (Fsp3) is 0.286. The molecule has 2 aromatic carbocycles. The summed E-state index contributed by atoms with van der Waals surface area (Å²) in [5.41, 5.74) is 0.193. The Morgan fingerprint density at radius 3 is 2.48 bits per heavy atom. The number of sulfonamides is 1. The average molecular weight is 451 g/mol. The van der Waals surface area contributed by atoms with Crippen molar-refractivity contribution in [3.8, 4) is 22.8 Å². The molecule has 0 amide bonds. The Hall–Kier alpha value is -2.85. The van der Waals surface area contributed by atoms with E-state index in [1.54, 1.807) is 0 Å². The minimum absolute atomic E-state index is 0.0336. The van der Waals surface area contributed by atoms with Crippen LogP contribution in [0.25, 0.3) is 11.3 Å². The first kappa shape index (κ1) is 21.4. The molecule has 0 saturated heterocycles. The fourth-order valence-electron chi connectivity index (χ4n) is 3.54. The quantitative estimate of drug-likeness (QED) is 0.622. The van der Waals surface area contributed by atoms with Crippen molar-refractivity contribution >= 4 is 10.0 Å². The molecule has 0 fully saturated rings. The molecule has 1 unspecified atom stereocenters. The normalized spacial score (nSPS) is 16.4. The van der Waals surface area contributed by atoms with E-state index < -0.39 is 21.8 Å². The Morgan fingerprint density at radius 2 is 1.87 bits per heavy atom. The Bertz CT molecular complexity index is 1200. The van der Waals surface area contributed by atoms with E-state index in [0.29, 0.717) is 22.9 Å². The van der Waals surface area contributed by atoms with Crippen LogP contribution in [0, 0.1) is 5.92 Å². The van der Waals surface area contributed by atoms with Gasteiger partial charge in [0, 0.05) is 24.7 Å². The number of hydrogen-bond acceptors (Lipinski definition) is 4. The number of nitrogens with one attached hydrogen (secondary N) is 1. The van der Waals surface area contributed by atoms with E-state index >= 15 is 0 Å². The van der Waals surface area contributed by atoms with Crippen molar-refractivity contribution in [2.24, 2.45) is 5.92 Å². The van der Waals surface area contributed by atoms with Gasteiger partial charge in [-0.15, -0.1) is 0 Å². The molecular weight excluding hydrogens is 431 g/mol. The highest BCUT2D eigenvalue weighted by Crippen LogP contribution is 2.37. The van der Waals surface area contributed by atoms with Crippen LogP contribution >= 0.6 is 0 Å². The summed E-state index contributed by atoms with van der Waals surface area (Å²) in [4.78, 5) is 4.66. The summed E-state index contributed by atoms with van der Waals surface area (Å²) in [6.07, 6.45) is -1.80. The number of halogens is 3. The summed E-state index contributed by atoms with van der Waals surface area (Å²) in [5, 5.41) is 0. The summed E-state index contributed by atoms with van der Waals surface area (Å²) in [6.45, 7) is 2.93. The molecule has 1 aliphatic rings. The predicted octanol–water partition coefficient (Wildman–Crippen LogP) is 4.46. The van der Waals surface area contributed by atoms with Gasteiger partial charge in [-0.2, -0.15) is 13.2 Å². The van der Waals surface area contributed by atoms with Gasteiger partial charge in [0.2, 0.25) is 10.0 Å². The molecule has 0 aliphatic carbocycles. The van der Waals surface area contributed by atoms with Gasteiger partial charge in [-0.3, -0.25) is 0 Å². The van der Waals surface area contributed by atoms with Gasteiger partial charge in [0.15, 0.2) is 0 Å². The molecule has 1 atom stereocenters. The van der Waals surface area contributed by atoms with Crippen molar-refractivity contribution in [1.29, 1.82) is 0 Å². The van der Waals surface area contributed by atoms with Gasteiger partial charge in [-0.25, -0.2) is 18.1 Å². The van der Waals surface area contributed by atoms with Gasteiger partial charge < -0.3 is 9.30 Å². The van der Waals surface area contributed by atoms with Crippen LogP contribution in [0.4, 0.5) is 13.2 Å². The van der Waals surface area contributed by atoms with Crippen molar-refractivity contribution in [2.45, 2.75) is 31.0 Å². The molecule has 1 N–H and O–H groups in total.